The molecule has 0 bridgehead atoms. The zero-order valence-electron chi connectivity index (χ0n) is 18.3. The first-order valence-electron chi connectivity index (χ1n) is 10.8. The first kappa shape index (κ1) is 22.6. The number of phenolic OH excluding ortho intramolecular Hbond substituents is 1. The van der Waals surface area contributed by atoms with Crippen LogP contribution in [0.15, 0.2) is 36.0 Å². The molecular weight excluding hydrogens is 399 g/mol. The highest BCUT2D eigenvalue weighted by molar-refractivity contribution is 5.85. The van der Waals surface area contributed by atoms with Gasteiger partial charge in [0.25, 0.3) is 0 Å². The number of fused-ring (bicyclic) bond motifs is 2. The van der Waals surface area contributed by atoms with E-state index in [1.54, 1.807) is 30.0 Å². The van der Waals surface area contributed by atoms with Gasteiger partial charge < -0.3 is 14.7 Å². The van der Waals surface area contributed by atoms with Crippen LogP contribution in [0.25, 0.3) is 5.57 Å². The number of ether oxygens (including phenoxy) is 1. The molecule has 0 spiro atoms. The van der Waals surface area contributed by atoms with Crippen LogP contribution in [-0.2, 0) is 17.6 Å². The highest BCUT2D eigenvalue weighted by atomic mass is 19.3. The summed E-state index contributed by atoms with van der Waals surface area (Å²) in [6, 6.07) is 7.06. The van der Waals surface area contributed by atoms with Crippen LogP contribution in [0.1, 0.15) is 56.0 Å². The highest BCUT2D eigenvalue weighted by Crippen LogP contribution is 2.39. The molecule has 4 rings (SSSR count). The zero-order chi connectivity index (χ0) is 22.4. The molecule has 1 aliphatic carbocycles. The number of pyridine rings is 1. The number of phenols is 1. The number of rotatable bonds is 2. The van der Waals surface area contributed by atoms with Crippen molar-refractivity contribution < 1.29 is 24.1 Å². The summed E-state index contributed by atoms with van der Waals surface area (Å²) in [6.45, 7) is 7.31. The Hall–Kier alpha value is -3.09. The van der Waals surface area contributed by atoms with Gasteiger partial charge in [-0.2, -0.15) is 0 Å². The van der Waals surface area contributed by atoms with Crippen LogP contribution in [0.3, 0.4) is 0 Å². The number of halogens is 1. The molecule has 0 radical (unpaired) electrons. The Balaban J connectivity index is 0.00000132. The number of aromatic hydroxyl groups is 1. The van der Waals surface area contributed by atoms with E-state index in [0.29, 0.717) is 45.4 Å². The summed E-state index contributed by atoms with van der Waals surface area (Å²) in [4.78, 5) is 22.2. The number of aromatic nitrogens is 1. The number of benzene rings is 1. The summed E-state index contributed by atoms with van der Waals surface area (Å²) >= 11 is 0. The summed E-state index contributed by atoms with van der Waals surface area (Å²) in [5.74, 6) is 0.302. The Morgan fingerprint density at radius 2 is 1.84 bits per heavy atom. The Labute approximate surface area is 182 Å². The predicted octanol–water partition coefficient (Wildman–Crippen LogP) is 5.23. The number of hydrogen-bond acceptors (Lipinski definition) is 5. The molecule has 1 aromatic carbocycles. The van der Waals surface area contributed by atoms with E-state index in [1.165, 1.54) is 11.8 Å². The number of amides is 1. The van der Waals surface area contributed by atoms with Crippen molar-refractivity contribution in [2.75, 3.05) is 19.7 Å². The largest absolute Gasteiger partial charge is 0.508 e. The Morgan fingerprint density at radius 1 is 1.13 bits per heavy atom. The molecule has 1 saturated heterocycles. The third-order valence-corrected chi connectivity index (χ3v) is 5.54. The molecule has 1 aromatic heterocycles. The Bertz CT molecular complexity index is 964. The van der Waals surface area contributed by atoms with Gasteiger partial charge >= 0.3 is 6.09 Å². The molecule has 0 unspecified atom stereocenters. The van der Waals surface area contributed by atoms with Crippen molar-refractivity contribution in [1.82, 2.24) is 9.88 Å². The fraction of sp³-hybridized carbons (Fsp3) is 0.417. The van der Waals surface area contributed by atoms with Gasteiger partial charge in [-0.05, 0) is 67.5 Å². The van der Waals surface area contributed by atoms with Crippen molar-refractivity contribution in [3.8, 4) is 11.5 Å². The fourth-order valence-corrected chi connectivity index (χ4v) is 4.16. The van der Waals surface area contributed by atoms with Crippen molar-refractivity contribution in [3.05, 3.63) is 58.4 Å². The number of aryl methyl sites for hydroxylation is 2. The number of hydrogen-bond donors (Lipinski definition) is 1. The lowest BCUT2D eigenvalue weighted by atomic mass is 9.88. The monoisotopic (exact) mass is 428 g/mol. The van der Waals surface area contributed by atoms with Gasteiger partial charge in [-0.25, -0.2) is 4.79 Å². The smallest absolute Gasteiger partial charge is 0.409 e. The Morgan fingerprint density at radius 3 is 2.52 bits per heavy atom. The molecule has 6 nitrogen and oxygen atoms in total. The lowest BCUT2D eigenvalue weighted by molar-refractivity contribution is -0.00673. The van der Waals surface area contributed by atoms with E-state index in [0.717, 1.165) is 28.0 Å². The minimum absolute atomic E-state index is 0.0824. The van der Waals surface area contributed by atoms with Crippen molar-refractivity contribution in [1.29, 1.82) is 0 Å². The minimum Gasteiger partial charge on any atom is -0.508 e. The summed E-state index contributed by atoms with van der Waals surface area (Å²) in [7, 11) is 0. The standard InChI is InChI=1S/C22H23FN2O4.C2H6/c1-2-28-22(27)25-9-7-14(8-10-25)20-19-6-5-17(26)11-15(19)3-4-16-12-18(29-23)13-24-21(16)20;1-2/h5-6,11-13,26H,2-4,7-10H2,1H3;1-2H3. The molecule has 1 N–H and O–H groups in total. The minimum atomic E-state index is -0.286. The summed E-state index contributed by atoms with van der Waals surface area (Å²) < 4.78 is 17.8. The summed E-state index contributed by atoms with van der Waals surface area (Å²) in [5.41, 5.74) is 5.99. The van der Waals surface area contributed by atoms with Crippen molar-refractivity contribution >= 4 is 11.7 Å². The average molecular weight is 429 g/mol. The lowest BCUT2D eigenvalue weighted by Gasteiger charge is -2.29. The topological polar surface area (TPSA) is 71.9 Å². The summed E-state index contributed by atoms with van der Waals surface area (Å²) in [6.07, 6.45) is 3.89. The van der Waals surface area contributed by atoms with Crippen LogP contribution in [0.5, 0.6) is 11.5 Å². The van der Waals surface area contributed by atoms with Gasteiger partial charge in [0.05, 0.1) is 18.5 Å². The first-order chi connectivity index (χ1) is 15.1. The van der Waals surface area contributed by atoms with Gasteiger partial charge in [-0.15, -0.1) is 0 Å². The molecule has 166 valence electrons. The molecule has 0 saturated carbocycles. The normalized spacial score (nSPS) is 15.2. The van der Waals surface area contributed by atoms with Crippen LogP contribution in [-0.4, -0.2) is 40.8 Å². The highest BCUT2D eigenvalue weighted by Gasteiger charge is 2.27. The van der Waals surface area contributed by atoms with E-state index >= 15 is 0 Å². The maximum absolute atomic E-state index is 12.7. The number of likely N-dealkylation sites (tertiary alicyclic amines) is 1. The van der Waals surface area contributed by atoms with Gasteiger partial charge in [0.15, 0.2) is 5.75 Å². The van der Waals surface area contributed by atoms with Gasteiger partial charge in [0.2, 0.25) is 0 Å². The molecule has 1 aliphatic heterocycles. The van der Waals surface area contributed by atoms with E-state index < -0.39 is 0 Å². The second-order valence-corrected chi connectivity index (χ2v) is 7.26. The second-order valence-electron chi connectivity index (χ2n) is 7.26. The first-order valence-corrected chi connectivity index (χ1v) is 10.8. The van der Waals surface area contributed by atoms with Crippen molar-refractivity contribution in [3.63, 3.8) is 0 Å². The average Bonchev–Trinajstić information content (AvgIpc) is 2.96. The van der Waals surface area contributed by atoms with Crippen molar-refractivity contribution in [2.45, 2.75) is 46.5 Å². The number of carbonyl (C=O) groups is 1. The zero-order valence-corrected chi connectivity index (χ0v) is 18.3. The van der Waals surface area contributed by atoms with E-state index in [9.17, 15) is 14.4 Å². The van der Waals surface area contributed by atoms with Gasteiger partial charge in [0.1, 0.15) is 5.75 Å². The fourth-order valence-electron chi connectivity index (χ4n) is 4.16. The maximum atomic E-state index is 12.7. The van der Waals surface area contributed by atoms with Gasteiger partial charge in [-0.1, -0.05) is 25.5 Å². The molecular formula is C24H29FN2O4. The van der Waals surface area contributed by atoms with Crippen LogP contribution in [0, 0.1) is 0 Å². The quantitative estimate of drug-likeness (QED) is 0.709. The predicted molar refractivity (Wildman–Crippen MR) is 117 cm³/mol. The van der Waals surface area contributed by atoms with Crippen LogP contribution in [0.4, 0.5) is 9.32 Å². The molecule has 2 aromatic rings. The lowest BCUT2D eigenvalue weighted by Crippen LogP contribution is -2.37. The molecule has 2 heterocycles. The van der Waals surface area contributed by atoms with E-state index in [-0.39, 0.29) is 17.6 Å². The molecule has 0 atom stereocenters. The van der Waals surface area contributed by atoms with Crippen LogP contribution < -0.4 is 4.94 Å². The third-order valence-electron chi connectivity index (χ3n) is 5.54. The van der Waals surface area contributed by atoms with E-state index in [2.05, 4.69) is 9.93 Å². The molecule has 2 aliphatic rings. The molecule has 1 fully saturated rings. The number of piperidine rings is 1. The molecule has 7 heteroatoms. The van der Waals surface area contributed by atoms with E-state index in [1.807, 2.05) is 19.9 Å². The van der Waals surface area contributed by atoms with Crippen LogP contribution in [0.2, 0.25) is 0 Å². The third kappa shape index (κ3) is 4.81. The van der Waals surface area contributed by atoms with Crippen molar-refractivity contribution in [2.24, 2.45) is 0 Å². The molecule has 1 amide bonds. The molecule has 31 heavy (non-hydrogen) atoms. The summed E-state index contributed by atoms with van der Waals surface area (Å²) in [5, 5.41) is 9.96. The number of nitrogens with zero attached hydrogens (tertiary/aromatic N) is 2. The number of carbonyl (C=O) groups excluding carboxylic acids is 1. The second kappa shape index (κ2) is 10.3. The van der Waals surface area contributed by atoms with E-state index in [4.69, 9.17) is 4.74 Å². The Kier molecular flexibility index (Phi) is 7.50. The van der Waals surface area contributed by atoms with Gasteiger partial charge in [-0.3, -0.25) is 9.93 Å². The maximum Gasteiger partial charge on any atom is 0.409 e. The van der Waals surface area contributed by atoms with Gasteiger partial charge in [0, 0.05) is 23.2 Å². The van der Waals surface area contributed by atoms with Crippen LogP contribution >= 0.6 is 0 Å². The SMILES string of the molecule is CC.CCOC(=O)N1CCC(=C2c3ccc(O)cc3CCc3cc(OF)cnc32)CC1.